The predicted octanol–water partition coefficient (Wildman–Crippen LogP) is 5.18. The molecule has 0 saturated carbocycles. The maximum absolute atomic E-state index is 11.7. The molecule has 4 rings (SSSR count). The molecule has 0 unspecified atom stereocenters. The van der Waals surface area contributed by atoms with Crippen molar-refractivity contribution in [3.05, 3.63) is 81.8 Å². The number of carbonyl (C=O) groups is 1. The number of nitrogens with one attached hydrogen (secondary N) is 1. The van der Waals surface area contributed by atoms with Gasteiger partial charge in [0.25, 0.3) is 0 Å². The van der Waals surface area contributed by atoms with Crippen LogP contribution in [0.5, 0.6) is 0 Å². The fraction of sp³-hybridized carbons (Fsp3) is 0.320. The first-order valence-corrected chi connectivity index (χ1v) is 12.1. The normalized spacial score (nSPS) is 17.8. The highest BCUT2D eigenvalue weighted by atomic mass is 79.9. The van der Waals surface area contributed by atoms with E-state index in [2.05, 4.69) is 79.9 Å². The first-order chi connectivity index (χ1) is 15.9. The Kier molecular flexibility index (Phi) is 7.14. The Morgan fingerprint density at radius 2 is 1.97 bits per heavy atom. The number of esters is 1. The van der Waals surface area contributed by atoms with Crippen molar-refractivity contribution in [1.29, 1.82) is 0 Å². The van der Waals surface area contributed by atoms with E-state index in [-0.39, 0.29) is 18.1 Å². The number of nitrogens with zero attached hydrogens (tertiary/aromatic N) is 3. The third-order valence-corrected chi connectivity index (χ3v) is 6.96. The lowest BCUT2D eigenvalue weighted by Crippen LogP contribution is -2.31. The Labute approximate surface area is 208 Å². The number of halogens is 1. The summed E-state index contributed by atoms with van der Waals surface area (Å²) in [4.78, 5) is 18.5. The molecule has 2 aromatic heterocycles. The summed E-state index contributed by atoms with van der Waals surface area (Å²) in [5.74, 6) is -0.209. The van der Waals surface area contributed by atoms with E-state index in [1.54, 1.807) is 0 Å². The summed E-state index contributed by atoms with van der Waals surface area (Å²) in [7, 11) is 1.42. The van der Waals surface area contributed by atoms with Crippen molar-refractivity contribution in [2.75, 3.05) is 13.7 Å². The van der Waals surface area contributed by atoms with Gasteiger partial charge in [0.2, 0.25) is 0 Å². The summed E-state index contributed by atoms with van der Waals surface area (Å²) in [5, 5.41) is 4.16. The van der Waals surface area contributed by atoms with Gasteiger partial charge in [0.1, 0.15) is 0 Å². The molecule has 1 aliphatic rings. The van der Waals surface area contributed by atoms with Crippen LogP contribution in [0, 0.1) is 13.8 Å². The van der Waals surface area contributed by atoms with Gasteiger partial charge in [-0.05, 0) is 80.5 Å². The second-order valence-electron chi connectivity index (χ2n) is 8.14. The van der Waals surface area contributed by atoms with Gasteiger partial charge in [-0.3, -0.25) is 9.78 Å². The molecule has 1 aliphatic heterocycles. The van der Waals surface area contributed by atoms with Crippen LogP contribution in [0.25, 0.3) is 5.69 Å². The fourth-order valence-corrected chi connectivity index (χ4v) is 5.15. The summed E-state index contributed by atoms with van der Waals surface area (Å²) in [6, 6.07) is 16.4. The van der Waals surface area contributed by atoms with Crippen LogP contribution in [0.4, 0.5) is 0 Å². The van der Waals surface area contributed by atoms with Gasteiger partial charge in [-0.15, -0.1) is 0 Å². The topological polar surface area (TPSA) is 59.4 Å². The average molecular weight is 527 g/mol. The number of rotatable bonds is 7. The number of thiocarbonyl (C=S) groups is 1. The van der Waals surface area contributed by atoms with Crippen molar-refractivity contribution in [1.82, 2.24) is 19.8 Å². The third-order valence-electron chi connectivity index (χ3n) is 6.08. The molecule has 172 valence electrons. The quantitative estimate of drug-likeness (QED) is 0.338. The lowest BCUT2D eigenvalue weighted by atomic mass is 9.96. The Morgan fingerprint density at radius 1 is 1.21 bits per heavy atom. The van der Waals surface area contributed by atoms with E-state index in [0.717, 1.165) is 27.2 Å². The first-order valence-electron chi connectivity index (χ1n) is 10.9. The molecule has 0 aliphatic carbocycles. The molecule has 3 heterocycles. The number of pyridine rings is 1. The van der Waals surface area contributed by atoms with Crippen molar-refractivity contribution in [2.24, 2.45) is 0 Å². The van der Waals surface area contributed by atoms with Crippen LogP contribution < -0.4 is 5.32 Å². The highest BCUT2D eigenvalue weighted by molar-refractivity contribution is 9.10. The molecule has 6 nitrogen and oxygen atoms in total. The third kappa shape index (κ3) is 4.82. The zero-order valence-corrected chi connectivity index (χ0v) is 21.3. The minimum Gasteiger partial charge on any atom is -0.469 e. The molecule has 0 spiro atoms. The minimum atomic E-state index is -0.209. The molecule has 8 heteroatoms. The summed E-state index contributed by atoms with van der Waals surface area (Å²) in [5.41, 5.74) is 5.55. The molecule has 3 aromatic rings. The largest absolute Gasteiger partial charge is 0.469 e. The molecule has 1 fully saturated rings. The number of ether oxygens (including phenoxy) is 1. The van der Waals surface area contributed by atoms with E-state index in [4.69, 9.17) is 17.0 Å². The molecule has 33 heavy (non-hydrogen) atoms. The molecule has 0 bridgehead atoms. The number of hydrogen-bond acceptors (Lipinski definition) is 4. The van der Waals surface area contributed by atoms with Crippen molar-refractivity contribution in [3.8, 4) is 5.69 Å². The monoisotopic (exact) mass is 526 g/mol. The van der Waals surface area contributed by atoms with Gasteiger partial charge in [-0.2, -0.15) is 0 Å². The molecule has 2 atom stereocenters. The van der Waals surface area contributed by atoms with Crippen LogP contribution in [0.15, 0.2) is 59.2 Å². The fourth-order valence-electron chi connectivity index (χ4n) is 4.56. The average Bonchev–Trinajstić information content (AvgIpc) is 3.30. The Hall–Kier alpha value is -2.71. The lowest BCUT2D eigenvalue weighted by Gasteiger charge is -2.28. The van der Waals surface area contributed by atoms with E-state index in [1.165, 1.54) is 12.7 Å². The van der Waals surface area contributed by atoms with E-state index >= 15 is 0 Å². The number of aryl methyl sites for hydroxylation is 1. The number of carbonyl (C=O) groups excluding carboxylic acids is 1. The lowest BCUT2D eigenvalue weighted by molar-refractivity contribution is -0.140. The number of hydrogen-bond donors (Lipinski definition) is 1. The maximum Gasteiger partial charge on any atom is 0.305 e. The SMILES string of the molecule is COC(=O)CCCN1C(=S)N[C@H](c2ccccn2)[C@@H]1c1cc(C)n(-c2ccc(Br)cc2)c1C. The van der Waals surface area contributed by atoms with Crippen LogP contribution >= 0.6 is 28.1 Å². The minimum absolute atomic E-state index is 0.0413. The summed E-state index contributed by atoms with van der Waals surface area (Å²) >= 11 is 9.27. The second kappa shape index (κ2) is 10.1. The van der Waals surface area contributed by atoms with Crippen molar-refractivity contribution in [2.45, 2.75) is 38.8 Å². The number of aromatic nitrogens is 2. The molecular formula is C25H27BrN4O2S. The summed E-state index contributed by atoms with van der Waals surface area (Å²) in [6.45, 7) is 4.92. The van der Waals surface area contributed by atoms with Gasteiger partial charge in [0.15, 0.2) is 5.11 Å². The smallest absolute Gasteiger partial charge is 0.305 e. The molecule has 1 saturated heterocycles. The van der Waals surface area contributed by atoms with Crippen molar-refractivity contribution in [3.63, 3.8) is 0 Å². The highest BCUT2D eigenvalue weighted by Gasteiger charge is 2.41. The molecule has 1 N–H and O–H groups in total. The second-order valence-corrected chi connectivity index (χ2v) is 9.44. The van der Waals surface area contributed by atoms with E-state index < -0.39 is 0 Å². The van der Waals surface area contributed by atoms with Crippen LogP contribution in [-0.2, 0) is 9.53 Å². The van der Waals surface area contributed by atoms with E-state index in [0.29, 0.717) is 24.5 Å². The predicted molar refractivity (Wildman–Crippen MR) is 136 cm³/mol. The maximum atomic E-state index is 11.7. The highest BCUT2D eigenvalue weighted by Crippen LogP contribution is 2.41. The standard InChI is InChI=1S/C25H27BrN4O2S/c1-16-15-20(17(2)30(16)19-11-9-18(26)10-12-19)24-23(21-7-4-5-13-27-21)28-25(33)29(24)14-6-8-22(31)32-3/h4-5,7,9-13,15,23-24H,6,8,14H2,1-3H3,(H,28,33)/t23-,24+/m1/s1. The van der Waals surface area contributed by atoms with Crippen LogP contribution in [0.2, 0.25) is 0 Å². The van der Waals surface area contributed by atoms with Crippen LogP contribution in [0.3, 0.4) is 0 Å². The molecular weight excluding hydrogens is 500 g/mol. The Bertz CT molecular complexity index is 1150. The zero-order valence-electron chi connectivity index (χ0n) is 18.9. The van der Waals surface area contributed by atoms with E-state index in [1.807, 2.05) is 24.4 Å². The first kappa shape index (κ1) is 23.4. The Morgan fingerprint density at radius 3 is 2.64 bits per heavy atom. The summed E-state index contributed by atoms with van der Waals surface area (Å²) in [6.07, 6.45) is 2.82. The Balaban J connectivity index is 1.74. The van der Waals surface area contributed by atoms with Crippen molar-refractivity contribution >= 4 is 39.2 Å². The van der Waals surface area contributed by atoms with Gasteiger partial charge in [-0.25, -0.2) is 0 Å². The molecule has 0 radical (unpaired) electrons. The van der Waals surface area contributed by atoms with Crippen molar-refractivity contribution < 1.29 is 9.53 Å². The zero-order chi connectivity index (χ0) is 23.5. The van der Waals surface area contributed by atoms with Gasteiger partial charge in [-0.1, -0.05) is 22.0 Å². The molecule has 0 amide bonds. The van der Waals surface area contributed by atoms with Gasteiger partial charge in [0, 0.05) is 40.7 Å². The van der Waals surface area contributed by atoms with Crippen LogP contribution in [-0.4, -0.2) is 39.2 Å². The number of methoxy groups -OCH3 is 1. The van der Waals surface area contributed by atoms with Crippen LogP contribution in [0.1, 0.15) is 47.6 Å². The van der Waals surface area contributed by atoms with E-state index in [9.17, 15) is 4.79 Å². The van der Waals surface area contributed by atoms with Gasteiger partial charge >= 0.3 is 5.97 Å². The van der Waals surface area contributed by atoms with Gasteiger partial charge < -0.3 is 19.5 Å². The van der Waals surface area contributed by atoms with Gasteiger partial charge in [0.05, 0.1) is 24.9 Å². The number of benzene rings is 1. The summed E-state index contributed by atoms with van der Waals surface area (Å²) < 4.78 is 8.13. The molecule has 1 aromatic carbocycles.